The predicted molar refractivity (Wildman–Crippen MR) is 117 cm³/mol. The average Bonchev–Trinajstić information content (AvgIpc) is 3.05. The average molecular weight is 422 g/mol. The van der Waals surface area contributed by atoms with Crippen molar-refractivity contribution in [3.8, 4) is 0 Å². The van der Waals surface area contributed by atoms with E-state index in [0.29, 0.717) is 29.9 Å². The molecule has 0 spiro atoms. The zero-order valence-electron chi connectivity index (χ0n) is 17.7. The third-order valence-corrected chi connectivity index (χ3v) is 5.81. The lowest BCUT2D eigenvalue weighted by Gasteiger charge is -2.30. The summed E-state index contributed by atoms with van der Waals surface area (Å²) in [6, 6.07) is 14.0. The Morgan fingerprint density at radius 3 is 2.48 bits per heavy atom. The van der Waals surface area contributed by atoms with Crippen LogP contribution in [-0.4, -0.2) is 39.6 Å². The molecule has 1 aliphatic rings. The number of rotatable bonds is 3. The van der Waals surface area contributed by atoms with Gasteiger partial charge in [-0.15, -0.1) is 0 Å². The molecule has 8 nitrogen and oxygen atoms in total. The number of nitrogens with one attached hydrogen (secondary N) is 1. The van der Waals surface area contributed by atoms with Crippen LogP contribution in [0, 0.1) is 12.8 Å². The molecule has 0 saturated carbocycles. The van der Waals surface area contributed by atoms with Crippen molar-refractivity contribution in [3.05, 3.63) is 70.0 Å². The minimum atomic E-state index is -0.811. The second-order valence-electron chi connectivity index (χ2n) is 8.02. The van der Waals surface area contributed by atoms with Crippen molar-refractivity contribution in [1.29, 1.82) is 0 Å². The molecule has 4 rings (SSSR count). The lowest BCUT2D eigenvalue weighted by molar-refractivity contribution is 0.0906. The molecule has 2 heterocycles. The molecular weight excluding hydrogens is 396 g/mol. The first kappa shape index (κ1) is 20.7. The van der Waals surface area contributed by atoms with Crippen molar-refractivity contribution in [2.75, 3.05) is 13.1 Å². The highest BCUT2D eigenvalue weighted by molar-refractivity contribution is 5.90. The maximum absolute atomic E-state index is 13.3. The van der Waals surface area contributed by atoms with E-state index in [9.17, 15) is 14.4 Å². The van der Waals surface area contributed by atoms with E-state index < -0.39 is 11.7 Å². The number of piperidine rings is 1. The van der Waals surface area contributed by atoms with Gasteiger partial charge < -0.3 is 10.2 Å². The van der Waals surface area contributed by atoms with Crippen LogP contribution in [0.5, 0.6) is 0 Å². The molecule has 8 heteroatoms. The molecule has 162 valence electrons. The number of aryl methyl sites for hydroxylation is 1. The molecule has 0 atom stereocenters. The van der Waals surface area contributed by atoms with Gasteiger partial charge in [-0.25, -0.2) is 9.59 Å². The fourth-order valence-electron chi connectivity index (χ4n) is 3.81. The Bertz CT molecular complexity index is 1170. The van der Waals surface area contributed by atoms with E-state index >= 15 is 0 Å². The molecular formula is C23H26N4O4. The molecule has 1 fully saturated rings. The molecule has 2 aromatic carbocycles. The van der Waals surface area contributed by atoms with Gasteiger partial charge in [0.25, 0.3) is 0 Å². The maximum Gasteiger partial charge on any atom is 0.433 e. The SMILES string of the molecule is Cc1ccccc1CNC(=O)On1c(=O)c2ccccc2n1C(=O)N1CCC(C)CC1. The Hall–Kier alpha value is -3.55. The van der Waals surface area contributed by atoms with Gasteiger partial charge in [0.2, 0.25) is 0 Å². The van der Waals surface area contributed by atoms with Crippen LogP contribution < -0.4 is 15.7 Å². The third kappa shape index (κ3) is 4.19. The summed E-state index contributed by atoms with van der Waals surface area (Å²) in [4.78, 5) is 46.5. The summed E-state index contributed by atoms with van der Waals surface area (Å²) in [5.41, 5.74) is 1.82. The second-order valence-corrected chi connectivity index (χ2v) is 8.02. The summed E-state index contributed by atoms with van der Waals surface area (Å²) in [7, 11) is 0. The lowest BCUT2D eigenvalue weighted by Crippen LogP contribution is -2.46. The molecule has 1 saturated heterocycles. The fourth-order valence-corrected chi connectivity index (χ4v) is 3.81. The number of fused-ring (bicyclic) bond motifs is 1. The van der Waals surface area contributed by atoms with E-state index in [1.54, 1.807) is 29.2 Å². The van der Waals surface area contributed by atoms with Crippen molar-refractivity contribution in [1.82, 2.24) is 19.7 Å². The molecule has 1 aliphatic heterocycles. The summed E-state index contributed by atoms with van der Waals surface area (Å²) in [5, 5.41) is 2.97. The number of hydrogen-bond acceptors (Lipinski definition) is 4. The molecule has 1 N–H and O–H groups in total. The van der Waals surface area contributed by atoms with Gasteiger partial charge in [0.1, 0.15) is 0 Å². The quantitative estimate of drug-likeness (QED) is 0.703. The Morgan fingerprint density at radius 1 is 1.06 bits per heavy atom. The van der Waals surface area contributed by atoms with Crippen LogP contribution in [0.2, 0.25) is 0 Å². The Morgan fingerprint density at radius 2 is 1.74 bits per heavy atom. The highest BCUT2D eigenvalue weighted by Gasteiger charge is 2.27. The lowest BCUT2D eigenvalue weighted by atomic mass is 10.00. The van der Waals surface area contributed by atoms with E-state index in [0.717, 1.165) is 33.5 Å². The molecule has 0 radical (unpaired) electrons. The summed E-state index contributed by atoms with van der Waals surface area (Å²) >= 11 is 0. The largest absolute Gasteiger partial charge is 0.433 e. The number of hydrogen-bond donors (Lipinski definition) is 1. The van der Waals surface area contributed by atoms with Gasteiger partial charge in [0, 0.05) is 19.6 Å². The number of carbonyl (C=O) groups excluding carboxylic acids is 2. The van der Waals surface area contributed by atoms with Gasteiger partial charge in [-0.2, -0.15) is 4.68 Å². The highest BCUT2D eigenvalue weighted by atomic mass is 16.7. The first-order valence-electron chi connectivity index (χ1n) is 10.5. The van der Waals surface area contributed by atoms with E-state index in [1.165, 1.54) is 0 Å². The van der Waals surface area contributed by atoms with Crippen molar-refractivity contribution in [2.24, 2.45) is 5.92 Å². The van der Waals surface area contributed by atoms with Crippen LogP contribution in [0.4, 0.5) is 9.59 Å². The Labute approximate surface area is 179 Å². The second kappa shape index (κ2) is 8.67. The summed E-state index contributed by atoms with van der Waals surface area (Å²) in [5.74, 6) is 0.552. The van der Waals surface area contributed by atoms with Gasteiger partial charge >= 0.3 is 17.7 Å². The molecule has 1 aromatic heterocycles. The van der Waals surface area contributed by atoms with Crippen LogP contribution in [0.1, 0.15) is 30.9 Å². The number of aromatic nitrogens is 2. The van der Waals surface area contributed by atoms with Crippen molar-refractivity contribution >= 4 is 23.0 Å². The van der Waals surface area contributed by atoms with Gasteiger partial charge in [-0.3, -0.25) is 9.63 Å². The van der Waals surface area contributed by atoms with Crippen LogP contribution in [0.15, 0.2) is 53.3 Å². The Kier molecular flexibility index (Phi) is 5.79. The molecule has 0 unspecified atom stereocenters. The molecule has 3 aromatic rings. The van der Waals surface area contributed by atoms with Crippen LogP contribution >= 0.6 is 0 Å². The summed E-state index contributed by atoms with van der Waals surface area (Å²) < 4.78 is 1.15. The van der Waals surface area contributed by atoms with E-state index in [2.05, 4.69) is 12.2 Å². The van der Waals surface area contributed by atoms with Crippen molar-refractivity contribution in [2.45, 2.75) is 33.2 Å². The number of nitrogens with zero attached hydrogens (tertiary/aromatic N) is 3. The standard InChI is InChI=1S/C23H26N4O4/c1-16-11-13-25(14-12-16)23(30)26-20-10-6-5-9-19(20)21(28)27(26)31-22(29)24-15-18-8-4-3-7-17(18)2/h3-10,16H,11-15H2,1-2H3,(H,24,29). The number of carbonyl (C=O) groups is 2. The smallest absolute Gasteiger partial charge is 0.323 e. The molecule has 2 amide bonds. The third-order valence-electron chi connectivity index (χ3n) is 5.81. The number of amides is 2. The fraction of sp³-hybridized carbons (Fsp3) is 0.348. The number of benzene rings is 2. The minimum absolute atomic E-state index is 0.248. The summed E-state index contributed by atoms with van der Waals surface area (Å²) in [6.07, 6.45) is 0.981. The molecule has 31 heavy (non-hydrogen) atoms. The highest BCUT2D eigenvalue weighted by Crippen LogP contribution is 2.19. The van der Waals surface area contributed by atoms with Crippen LogP contribution in [-0.2, 0) is 6.54 Å². The zero-order valence-corrected chi connectivity index (χ0v) is 17.7. The van der Waals surface area contributed by atoms with E-state index in [4.69, 9.17) is 4.84 Å². The molecule has 0 bridgehead atoms. The number of likely N-dealkylation sites (tertiary alicyclic amines) is 1. The maximum atomic E-state index is 13.3. The zero-order chi connectivity index (χ0) is 22.0. The van der Waals surface area contributed by atoms with Crippen LogP contribution in [0.3, 0.4) is 0 Å². The monoisotopic (exact) mass is 422 g/mol. The topological polar surface area (TPSA) is 85.6 Å². The first-order valence-corrected chi connectivity index (χ1v) is 10.5. The number of para-hydroxylation sites is 1. The minimum Gasteiger partial charge on any atom is -0.323 e. The first-order chi connectivity index (χ1) is 15.0. The van der Waals surface area contributed by atoms with Gasteiger partial charge in [0.15, 0.2) is 0 Å². The van der Waals surface area contributed by atoms with Gasteiger partial charge in [-0.05, 0) is 48.9 Å². The Balaban J connectivity index is 1.61. The predicted octanol–water partition coefficient (Wildman–Crippen LogP) is 3.15. The normalized spacial score (nSPS) is 14.6. The van der Waals surface area contributed by atoms with Crippen molar-refractivity contribution in [3.63, 3.8) is 0 Å². The van der Waals surface area contributed by atoms with Crippen molar-refractivity contribution < 1.29 is 14.4 Å². The van der Waals surface area contributed by atoms with Gasteiger partial charge in [-0.1, -0.05) is 48.2 Å². The summed E-state index contributed by atoms with van der Waals surface area (Å²) in [6.45, 7) is 5.55. The van der Waals surface area contributed by atoms with Gasteiger partial charge in [0.05, 0.1) is 10.9 Å². The van der Waals surface area contributed by atoms with E-state index in [-0.39, 0.29) is 12.6 Å². The van der Waals surface area contributed by atoms with E-state index in [1.807, 2.05) is 31.2 Å². The van der Waals surface area contributed by atoms with Crippen LogP contribution in [0.25, 0.3) is 10.9 Å². The molecule has 0 aliphatic carbocycles.